The van der Waals surface area contributed by atoms with Crippen molar-refractivity contribution in [1.29, 1.82) is 5.26 Å². The lowest BCUT2D eigenvalue weighted by Gasteiger charge is -2.31. The topological polar surface area (TPSA) is 179 Å². The third-order valence-electron chi connectivity index (χ3n) is 10.6. The number of nitrogens with two attached hydrogens (primary N) is 1. The van der Waals surface area contributed by atoms with Gasteiger partial charge in [-0.05, 0) is 121 Å². The van der Waals surface area contributed by atoms with E-state index in [2.05, 4.69) is 45.8 Å². The van der Waals surface area contributed by atoms with Crippen LogP contribution in [-0.2, 0) is 68.1 Å². The summed E-state index contributed by atoms with van der Waals surface area (Å²) in [4.78, 5) is 53.3. The number of nitrogens with zero attached hydrogens (tertiary/aromatic N) is 3. The van der Waals surface area contributed by atoms with Crippen LogP contribution in [-0.4, -0.2) is 42.3 Å². The van der Waals surface area contributed by atoms with Crippen molar-refractivity contribution >= 4 is 35.3 Å². The number of nitrogen functional groups attached to an aromatic ring is 1. The summed E-state index contributed by atoms with van der Waals surface area (Å²) in [5.41, 5.74) is 15.7. The standard InChI is InChI=1S/C23H28N2O4.C14H14ClN3O2.C10H10N2/c1-23(2,3)29-21(26)24-14-18-9-10-19-11-12-25(15-20(19)13-18)22(27)28-16-17-7-5-4-6-8-17;15-17-6-8-1-2-9-3-4-18(7-10(9)5-8)12-11(16)13(19)14(12)20;11-6-8-1-2-9-3-4-12-7-10(9)5-8/h4-10,13H,11-12,14-16H2,1-3H3,(H,24,26);1-2,5,17H,3-4,6-7,16H2;1-2,5,12H,3-4,7H2. The van der Waals surface area contributed by atoms with Gasteiger partial charge in [0.2, 0.25) is 0 Å². The van der Waals surface area contributed by atoms with Crippen molar-refractivity contribution in [3.05, 3.63) is 161 Å². The number of carbonyl (C=O) groups is 2. The fourth-order valence-electron chi connectivity index (χ4n) is 7.42. The first kappa shape index (κ1) is 44.4. The van der Waals surface area contributed by atoms with Crippen LogP contribution in [0, 0.1) is 11.3 Å². The molecular weight excluding hydrogens is 794 g/mol. The number of rotatable bonds is 7. The van der Waals surface area contributed by atoms with E-state index in [1.807, 2.05) is 86.3 Å². The molecule has 13 nitrogen and oxygen atoms in total. The lowest BCUT2D eigenvalue weighted by molar-refractivity contribution is 0.0523. The highest BCUT2D eigenvalue weighted by molar-refractivity contribution is 6.13. The third kappa shape index (κ3) is 12.0. The smallest absolute Gasteiger partial charge is 0.410 e. The summed E-state index contributed by atoms with van der Waals surface area (Å²) in [5, 5.41) is 14.7. The SMILES string of the molecule is CC(C)(C)OC(=O)NCc1ccc2c(c1)CN(C(=O)OCc1ccccc1)CC2.N#Cc1ccc2c(c1)CNCC2.Nc1c(N2CCc3ccc(CNCl)cc3C2)c(=O)c1=O. The average molecular weight is 846 g/mol. The van der Waals surface area contributed by atoms with Crippen molar-refractivity contribution in [3.8, 4) is 6.07 Å². The number of ether oxygens (including phenoxy) is 2. The molecule has 8 rings (SSSR count). The normalized spacial score (nSPS) is 14.1. The van der Waals surface area contributed by atoms with Crippen molar-refractivity contribution in [1.82, 2.24) is 20.4 Å². The van der Waals surface area contributed by atoms with E-state index in [1.54, 1.807) is 4.90 Å². The molecule has 0 fully saturated rings. The summed E-state index contributed by atoms with van der Waals surface area (Å²) in [6.45, 7) is 11.1. The number of anilines is 2. The number of hydrogen-bond donors (Lipinski definition) is 4. The number of fused-ring (bicyclic) bond motifs is 3. The summed E-state index contributed by atoms with van der Waals surface area (Å²) >= 11 is 5.52. The molecule has 3 heterocycles. The van der Waals surface area contributed by atoms with Gasteiger partial charge >= 0.3 is 12.2 Å². The lowest BCUT2D eigenvalue weighted by atomic mass is 9.96. The zero-order valence-corrected chi connectivity index (χ0v) is 35.6. The van der Waals surface area contributed by atoms with E-state index in [-0.39, 0.29) is 18.4 Å². The monoisotopic (exact) mass is 845 g/mol. The van der Waals surface area contributed by atoms with Gasteiger partial charge in [-0.3, -0.25) is 9.59 Å². The predicted molar refractivity (Wildman–Crippen MR) is 236 cm³/mol. The highest BCUT2D eigenvalue weighted by Crippen LogP contribution is 2.27. The maximum atomic E-state index is 12.4. The molecule has 0 spiro atoms. The largest absolute Gasteiger partial charge is 0.445 e. The zero-order valence-electron chi connectivity index (χ0n) is 34.8. The van der Waals surface area contributed by atoms with E-state index in [0.29, 0.717) is 45.0 Å². The quantitative estimate of drug-likeness (QED) is 0.107. The molecule has 0 bridgehead atoms. The number of carbonyl (C=O) groups excluding carboxylic acids is 2. The molecule has 5 N–H and O–H groups in total. The van der Waals surface area contributed by atoms with Crippen LogP contribution in [0.4, 0.5) is 21.0 Å². The molecule has 0 saturated heterocycles. The highest BCUT2D eigenvalue weighted by Gasteiger charge is 2.27. The number of benzene rings is 4. The third-order valence-corrected chi connectivity index (χ3v) is 10.7. The molecule has 0 unspecified atom stereocenters. The summed E-state index contributed by atoms with van der Waals surface area (Å²) in [5.74, 6) is 0. The van der Waals surface area contributed by atoms with Crippen molar-refractivity contribution < 1.29 is 19.1 Å². The second-order valence-electron chi connectivity index (χ2n) is 16.2. The minimum atomic E-state index is -0.564. The second kappa shape index (κ2) is 20.4. The Morgan fingerprint density at radius 1 is 0.803 bits per heavy atom. The van der Waals surface area contributed by atoms with Gasteiger partial charge in [0.15, 0.2) is 0 Å². The maximum Gasteiger partial charge on any atom is 0.410 e. The number of nitriles is 1. The van der Waals surface area contributed by atoms with Gasteiger partial charge in [0, 0.05) is 45.8 Å². The number of alkyl carbamates (subject to hydrolysis) is 1. The van der Waals surface area contributed by atoms with E-state index in [1.165, 1.54) is 22.3 Å². The fraction of sp³-hybridized carbons (Fsp3) is 0.340. The summed E-state index contributed by atoms with van der Waals surface area (Å²) in [6.07, 6.45) is 1.96. The number of hydrogen-bond acceptors (Lipinski definition) is 11. The van der Waals surface area contributed by atoms with Crippen LogP contribution in [0.5, 0.6) is 0 Å². The van der Waals surface area contributed by atoms with Crippen molar-refractivity contribution in [2.75, 3.05) is 30.3 Å². The molecule has 0 saturated carbocycles. The Morgan fingerprint density at radius 3 is 2.13 bits per heavy atom. The van der Waals surface area contributed by atoms with Crippen LogP contribution in [0.1, 0.15) is 76.4 Å². The van der Waals surface area contributed by atoms with Crippen LogP contribution < -0.4 is 37.0 Å². The minimum Gasteiger partial charge on any atom is -0.445 e. The molecule has 3 aliphatic heterocycles. The fourth-order valence-corrected chi connectivity index (χ4v) is 7.58. The average Bonchev–Trinajstić information content (AvgIpc) is 3.27. The first-order valence-corrected chi connectivity index (χ1v) is 20.7. The van der Waals surface area contributed by atoms with Gasteiger partial charge in [-0.1, -0.05) is 72.8 Å². The van der Waals surface area contributed by atoms with E-state index < -0.39 is 22.6 Å². The van der Waals surface area contributed by atoms with Crippen molar-refractivity contribution in [3.63, 3.8) is 0 Å². The molecule has 3 aliphatic rings. The molecule has 5 aromatic rings. The molecular formula is C47H52ClN7O6. The van der Waals surface area contributed by atoms with Gasteiger partial charge in [-0.15, -0.1) is 0 Å². The Kier molecular flexibility index (Phi) is 14.8. The van der Waals surface area contributed by atoms with Crippen molar-refractivity contribution in [2.45, 2.75) is 85.0 Å². The Balaban J connectivity index is 0.000000167. The van der Waals surface area contributed by atoms with Gasteiger partial charge < -0.3 is 35.6 Å². The number of amides is 2. The molecule has 2 amide bonds. The van der Waals surface area contributed by atoms with Crippen LogP contribution in [0.25, 0.3) is 0 Å². The Labute approximate surface area is 361 Å². The molecule has 0 radical (unpaired) electrons. The lowest BCUT2D eigenvalue weighted by Crippen LogP contribution is -2.44. The first-order valence-electron chi connectivity index (χ1n) is 20.4. The van der Waals surface area contributed by atoms with Crippen LogP contribution in [0.15, 0.2) is 94.5 Å². The second-order valence-corrected chi connectivity index (χ2v) is 16.5. The molecule has 0 atom stereocenters. The predicted octanol–water partition coefficient (Wildman–Crippen LogP) is 6.28. The number of nitrogens with one attached hydrogen (secondary N) is 3. The molecule has 5 aromatic carbocycles. The Morgan fingerprint density at radius 2 is 1.46 bits per heavy atom. The maximum absolute atomic E-state index is 12.4. The van der Waals surface area contributed by atoms with Crippen LogP contribution >= 0.6 is 11.8 Å². The summed E-state index contributed by atoms with van der Waals surface area (Å²) in [6, 6.07) is 30.0. The van der Waals surface area contributed by atoms with Gasteiger partial charge in [0.1, 0.15) is 23.6 Å². The van der Waals surface area contributed by atoms with Crippen LogP contribution in [0.2, 0.25) is 0 Å². The summed E-state index contributed by atoms with van der Waals surface area (Å²) < 4.78 is 10.7. The highest BCUT2D eigenvalue weighted by atomic mass is 35.5. The van der Waals surface area contributed by atoms with E-state index >= 15 is 0 Å². The van der Waals surface area contributed by atoms with Gasteiger partial charge in [-0.25, -0.2) is 14.4 Å². The van der Waals surface area contributed by atoms with Gasteiger partial charge in [-0.2, -0.15) is 5.26 Å². The minimum absolute atomic E-state index is 0.0945. The van der Waals surface area contributed by atoms with Crippen LogP contribution in [0.3, 0.4) is 0 Å². The Bertz CT molecular complexity index is 2450. The van der Waals surface area contributed by atoms with E-state index in [9.17, 15) is 19.2 Å². The van der Waals surface area contributed by atoms with Gasteiger partial charge in [0.25, 0.3) is 10.9 Å². The molecule has 14 heteroatoms. The molecule has 61 heavy (non-hydrogen) atoms. The molecule has 318 valence electrons. The first-order chi connectivity index (χ1) is 29.3. The Hall–Kier alpha value is -6.20. The van der Waals surface area contributed by atoms with Gasteiger partial charge in [0.05, 0.1) is 11.6 Å². The van der Waals surface area contributed by atoms with Crippen molar-refractivity contribution in [2.24, 2.45) is 0 Å². The summed E-state index contributed by atoms with van der Waals surface area (Å²) in [7, 11) is 0. The number of halogens is 1. The zero-order chi connectivity index (χ0) is 43.5. The van der Waals surface area contributed by atoms with E-state index in [0.717, 1.165) is 65.7 Å². The molecule has 0 aromatic heterocycles. The molecule has 0 aliphatic carbocycles. The van der Waals surface area contributed by atoms with E-state index in [4.69, 9.17) is 32.2 Å².